The van der Waals surface area contributed by atoms with E-state index in [1.165, 1.54) is 0 Å². The molecular formula is C30H33N5O4. The Morgan fingerprint density at radius 2 is 1.77 bits per heavy atom. The molecule has 1 aliphatic rings. The van der Waals surface area contributed by atoms with Crippen molar-refractivity contribution in [3.8, 4) is 11.5 Å². The lowest BCUT2D eigenvalue weighted by Crippen LogP contribution is -2.50. The lowest BCUT2D eigenvalue weighted by Gasteiger charge is -2.36. The monoisotopic (exact) mass is 527 g/mol. The Balaban J connectivity index is 1.11. The summed E-state index contributed by atoms with van der Waals surface area (Å²) < 4.78 is 11.1. The van der Waals surface area contributed by atoms with E-state index in [0.29, 0.717) is 42.4 Å². The van der Waals surface area contributed by atoms with Gasteiger partial charge in [-0.05, 0) is 73.1 Å². The third-order valence-corrected chi connectivity index (χ3v) is 6.99. The molecule has 0 atom stereocenters. The molecule has 0 unspecified atom stereocenters. The number of carbonyl (C=O) groups is 2. The molecule has 0 saturated carbocycles. The van der Waals surface area contributed by atoms with Gasteiger partial charge in [0, 0.05) is 54.7 Å². The fourth-order valence-corrected chi connectivity index (χ4v) is 4.85. The molecule has 9 nitrogen and oxygen atoms in total. The molecule has 0 spiro atoms. The summed E-state index contributed by atoms with van der Waals surface area (Å²) in [6.45, 7) is 3.25. The van der Waals surface area contributed by atoms with Crippen molar-refractivity contribution in [3.63, 3.8) is 0 Å². The van der Waals surface area contributed by atoms with Crippen LogP contribution in [0.2, 0.25) is 0 Å². The summed E-state index contributed by atoms with van der Waals surface area (Å²) >= 11 is 0. The Morgan fingerprint density at radius 1 is 1.00 bits per heavy atom. The SMILES string of the molecule is COc1ccccc1C(=O)Nc1ccc(N2CCN(C(=O)COc3ccc4[nH]cc(CCN)c4c3)CC2)cc1. The van der Waals surface area contributed by atoms with E-state index in [2.05, 4.69) is 15.2 Å². The first kappa shape index (κ1) is 26.1. The quantitative estimate of drug-likeness (QED) is 0.306. The number of hydrogen-bond donors (Lipinski definition) is 3. The number of fused-ring (bicyclic) bond motifs is 1. The minimum absolute atomic E-state index is 0.00272. The molecule has 4 aromatic rings. The average molecular weight is 528 g/mol. The van der Waals surface area contributed by atoms with E-state index < -0.39 is 0 Å². The summed E-state index contributed by atoms with van der Waals surface area (Å²) in [5.41, 5.74) is 10.1. The largest absolute Gasteiger partial charge is 0.496 e. The smallest absolute Gasteiger partial charge is 0.260 e. The van der Waals surface area contributed by atoms with Gasteiger partial charge in [0.2, 0.25) is 0 Å². The summed E-state index contributed by atoms with van der Waals surface area (Å²) in [4.78, 5) is 32.8. The first-order valence-electron chi connectivity index (χ1n) is 13.1. The maximum absolute atomic E-state index is 12.8. The van der Waals surface area contributed by atoms with Gasteiger partial charge >= 0.3 is 0 Å². The van der Waals surface area contributed by atoms with Crippen molar-refractivity contribution in [2.24, 2.45) is 5.73 Å². The van der Waals surface area contributed by atoms with Crippen molar-refractivity contribution in [2.75, 3.05) is 56.7 Å². The summed E-state index contributed by atoms with van der Waals surface area (Å²) in [6.07, 6.45) is 2.75. The number of methoxy groups -OCH3 is 1. The fourth-order valence-electron chi connectivity index (χ4n) is 4.85. The van der Waals surface area contributed by atoms with Gasteiger partial charge in [0.05, 0.1) is 12.7 Å². The Bertz CT molecular complexity index is 1440. The van der Waals surface area contributed by atoms with Crippen LogP contribution in [-0.4, -0.2) is 68.1 Å². The molecule has 0 bridgehead atoms. The highest BCUT2D eigenvalue weighted by atomic mass is 16.5. The molecule has 0 aliphatic carbocycles. The number of nitrogens with two attached hydrogens (primary N) is 1. The first-order valence-corrected chi connectivity index (χ1v) is 13.1. The second-order valence-electron chi connectivity index (χ2n) is 9.42. The Hall–Kier alpha value is -4.50. The number of aromatic amines is 1. The van der Waals surface area contributed by atoms with Crippen LogP contribution in [0.5, 0.6) is 11.5 Å². The molecule has 4 N–H and O–H groups in total. The summed E-state index contributed by atoms with van der Waals surface area (Å²) in [7, 11) is 1.55. The number of para-hydroxylation sites is 1. The number of ether oxygens (including phenoxy) is 2. The van der Waals surface area contributed by atoms with Crippen molar-refractivity contribution >= 4 is 34.1 Å². The highest BCUT2D eigenvalue weighted by molar-refractivity contribution is 6.06. The Labute approximate surface area is 227 Å². The van der Waals surface area contributed by atoms with Crippen molar-refractivity contribution in [1.82, 2.24) is 9.88 Å². The lowest BCUT2D eigenvalue weighted by atomic mass is 10.1. The number of aromatic nitrogens is 1. The number of hydrogen-bond acceptors (Lipinski definition) is 6. The summed E-state index contributed by atoms with van der Waals surface area (Å²) in [5.74, 6) is 0.951. The minimum Gasteiger partial charge on any atom is -0.496 e. The van der Waals surface area contributed by atoms with Crippen LogP contribution in [-0.2, 0) is 11.2 Å². The molecular weight excluding hydrogens is 494 g/mol. The van der Waals surface area contributed by atoms with Crippen LogP contribution in [0.3, 0.4) is 0 Å². The number of anilines is 2. The van der Waals surface area contributed by atoms with Crippen molar-refractivity contribution in [1.29, 1.82) is 0 Å². The maximum Gasteiger partial charge on any atom is 0.260 e. The van der Waals surface area contributed by atoms with Crippen LogP contribution < -0.4 is 25.4 Å². The molecule has 3 aromatic carbocycles. The third kappa shape index (κ3) is 5.99. The third-order valence-electron chi connectivity index (χ3n) is 6.99. The van der Waals surface area contributed by atoms with Gasteiger partial charge in [-0.15, -0.1) is 0 Å². The van der Waals surface area contributed by atoms with Crippen LogP contribution in [0.25, 0.3) is 10.9 Å². The molecule has 1 fully saturated rings. The van der Waals surface area contributed by atoms with Crippen molar-refractivity contribution in [2.45, 2.75) is 6.42 Å². The number of piperazine rings is 1. The Morgan fingerprint density at radius 3 is 2.51 bits per heavy atom. The highest BCUT2D eigenvalue weighted by Gasteiger charge is 2.22. The topological polar surface area (TPSA) is 113 Å². The predicted molar refractivity (Wildman–Crippen MR) is 153 cm³/mol. The van der Waals surface area contributed by atoms with Gasteiger partial charge < -0.3 is 35.3 Å². The molecule has 2 amide bonds. The number of amides is 2. The van der Waals surface area contributed by atoms with Crippen molar-refractivity contribution in [3.05, 3.63) is 84.1 Å². The Kier molecular flexibility index (Phi) is 7.98. The lowest BCUT2D eigenvalue weighted by molar-refractivity contribution is -0.133. The van der Waals surface area contributed by atoms with E-state index in [9.17, 15) is 9.59 Å². The number of carbonyl (C=O) groups excluding carboxylic acids is 2. The van der Waals surface area contributed by atoms with Gasteiger partial charge in [0.15, 0.2) is 6.61 Å². The van der Waals surface area contributed by atoms with Gasteiger partial charge in [0.1, 0.15) is 11.5 Å². The molecule has 2 heterocycles. The molecule has 202 valence electrons. The first-order chi connectivity index (χ1) is 19.1. The fraction of sp³-hybridized carbons (Fsp3) is 0.267. The van der Waals surface area contributed by atoms with E-state index in [1.54, 1.807) is 25.3 Å². The van der Waals surface area contributed by atoms with Gasteiger partial charge in [-0.1, -0.05) is 12.1 Å². The summed E-state index contributed by atoms with van der Waals surface area (Å²) in [6, 6.07) is 20.6. The van der Waals surface area contributed by atoms with Gasteiger partial charge in [-0.2, -0.15) is 0 Å². The van der Waals surface area contributed by atoms with Gasteiger partial charge in [0.25, 0.3) is 11.8 Å². The second-order valence-corrected chi connectivity index (χ2v) is 9.42. The highest BCUT2D eigenvalue weighted by Crippen LogP contribution is 2.25. The van der Waals surface area contributed by atoms with E-state index in [4.69, 9.17) is 15.2 Å². The number of nitrogens with zero attached hydrogens (tertiary/aromatic N) is 2. The van der Waals surface area contributed by atoms with Crippen LogP contribution in [0.1, 0.15) is 15.9 Å². The van der Waals surface area contributed by atoms with Crippen LogP contribution in [0.4, 0.5) is 11.4 Å². The molecule has 1 saturated heterocycles. The van der Waals surface area contributed by atoms with E-state index >= 15 is 0 Å². The van der Waals surface area contributed by atoms with Crippen LogP contribution >= 0.6 is 0 Å². The number of rotatable bonds is 9. The van der Waals surface area contributed by atoms with Crippen LogP contribution in [0.15, 0.2) is 72.9 Å². The van der Waals surface area contributed by atoms with E-state index in [1.807, 2.05) is 59.6 Å². The number of benzene rings is 3. The van der Waals surface area contributed by atoms with Gasteiger partial charge in [-0.25, -0.2) is 0 Å². The summed E-state index contributed by atoms with van der Waals surface area (Å²) in [5, 5.41) is 3.99. The number of H-pyrrole nitrogens is 1. The average Bonchev–Trinajstić information content (AvgIpc) is 3.38. The molecule has 0 radical (unpaired) electrons. The van der Waals surface area contributed by atoms with Gasteiger partial charge in [-0.3, -0.25) is 9.59 Å². The van der Waals surface area contributed by atoms with E-state index in [0.717, 1.165) is 41.7 Å². The molecule has 1 aromatic heterocycles. The zero-order valence-electron chi connectivity index (χ0n) is 22.0. The normalized spacial score (nSPS) is 13.4. The molecule has 5 rings (SSSR count). The second kappa shape index (κ2) is 11.9. The zero-order valence-corrected chi connectivity index (χ0v) is 22.0. The van der Waals surface area contributed by atoms with Crippen molar-refractivity contribution < 1.29 is 19.1 Å². The zero-order chi connectivity index (χ0) is 27.2. The standard InChI is InChI=1S/C30H33N5O4/c1-38-28-5-3-2-4-25(28)30(37)33-22-6-8-23(9-7-22)34-14-16-35(17-15-34)29(36)20-39-24-10-11-27-26(18-24)21(12-13-31)19-32-27/h2-11,18-19,32H,12-17,20,31H2,1H3,(H,33,37). The number of nitrogens with one attached hydrogen (secondary N) is 2. The molecule has 39 heavy (non-hydrogen) atoms. The minimum atomic E-state index is -0.224. The molecule has 1 aliphatic heterocycles. The predicted octanol–water partition coefficient (Wildman–Crippen LogP) is 3.66. The van der Waals surface area contributed by atoms with Crippen LogP contribution in [0, 0.1) is 0 Å². The molecule has 9 heteroatoms. The van der Waals surface area contributed by atoms with E-state index in [-0.39, 0.29) is 18.4 Å². The maximum atomic E-state index is 12.8.